The highest BCUT2D eigenvalue weighted by Gasteiger charge is 2.22. The number of benzene rings is 3. The number of halogens is 1. The molecule has 3 aromatic carbocycles. The molecule has 0 unspecified atom stereocenters. The van der Waals surface area contributed by atoms with E-state index in [0.717, 1.165) is 16.7 Å². The normalized spacial score (nSPS) is 11.8. The van der Waals surface area contributed by atoms with Crippen LogP contribution in [0.3, 0.4) is 0 Å². The monoisotopic (exact) mass is 492 g/mol. The van der Waals surface area contributed by atoms with Gasteiger partial charge in [0.1, 0.15) is 0 Å². The highest BCUT2D eigenvalue weighted by atomic mass is 127. The van der Waals surface area contributed by atoms with E-state index in [4.69, 9.17) is 0 Å². The summed E-state index contributed by atoms with van der Waals surface area (Å²) in [5.74, 6) is 0.507. The molecule has 142 valence electrons. The molecule has 0 aliphatic heterocycles. The molecule has 0 saturated carbocycles. The Morgan fingerprint density at radius 3 is 2.10 bits per heavy atom. The van der Waals surface area contributed by atoms with Crippen molar-refractivity contribution >= 4 is 34.1 Å². The number of aryl methyl sites for hydroxylation is 1. The van der Waals surface area contributed by atoms with Crippen LogP contribution in [0.5, 0.6) is 0 Å². The molecule has 4 aromatic rings. The van der Waals surface area contributed by atoms with Crippen LogP contribution in [0.15, 0.2) is 88.5 Å². The number of rotatable bonds is 5. The van der Waals surface area contributed by atoms with Crippen molar-refractivity contribution in [3.63, 3.8) is 0 Å². The zero-order valence-electron chi connectivity index (χ0n) is 15.7. The smallest absolute Gasteiger partial charge is 0.201 e. The van der Waals surface area contributed by atoms with Crippen molar-refractivity contribution < 1.29 is 4.79 Å². The second-order valence-electron chi connectivity index (χ2n) is 6.50. The largest absolute Gasteiger partial charge is 0.288 e. The summed E-state index contributed by atoms with van der Waals surface area (Å²) in [5.41, 5.74) is 4.16. The average molecular weight is 492 g/mol. The van der Waals surface area contributed by atoms with Gasteiger partial charge in [0.25, 0.3) is 0 Å². The summed E-state index contributed by atoms with van der Waals surface area (Å²) in [6.07, 6.45) is 0. The van der Waals surface area contributed by atoms with Crippen LogP contribution in [0.2, 0.25) is 0 Å². The summed E-state index contributed by atoms with van der Waals surface area (Å²) < 4.78 is 2.19. The molecule has 5 nitrogen and oxygen atoms in total. The van der Waals surface area contributed by atoms with Crippen molar-refractivity contribution in [3.05, 3.63) is 105 Å². The third-order valence-corrected chi connectivity index (χ3v) is 5.48. The van der Waals surface area contributed by atoms with Gasteiger partial charge in [-0.1, -0.05) is 90.5 Å². The Bertz CT molecular complexity index is 1170. The summed E-state index contributed by atoms with van der Waals surface area (Å²) >= 11 is 2.10. The molecular weight excluding hydrogens is 475 g/mol. The number of nitrogens with zero attached hydrogens (tertiary/aromatic N) is 4. The van der Waals surface area contributed by atoms with Crippen molar-refractivity contribution in [2.45, 2.75) is 6.92 Å². The van der Waals surface area contributed by atoms with Crippen LogP contribution in [0.25, 0.3) is 17.1 Å². The Morgan fingerprint density at radius 2 is 1.45 bits per heavy atom. The van der Waals surface area contributed by atoms with Crippen molar-refractivity contribution in [1.29, 1.82) is 0 Å². The fraction of sp³-hybridized carbons (Fsp3) is 0.0435. The van der Waals surface area contributed by atoms with Gasteiger partial charge in [-0.3, -0.25) is 4.79 Å². The summed E-state index contributed by atoms with van der Waals surface area (Å²) in [7, 11) is 0. The number of allylic oxidation sites excluding steroid dienone is 1. The molecule has 0 aliphatic carbocycles. The number of carbonyl (C=O) groups excluding carboxylic acids is 1. The first kappa shape index (κ1) is 19.2. The van der Waals surface area contributed by atoms with Crippen LogP contribution in [0, 0.1) is 6.92 Å². The molecule has 0 radical (unpaired) electrons. The van der Waals surface area contributed by atoms with E-state index < -0.39 is 0 Å². The number of aromatic nitrogens is 4. The van der Waals surface area contributed by atoms with Gasteiger partial charge >= 0.3 is 0 Å². The first-order valence-electron chi connectivity index (χ1n) is 9.06. The fourth-order valence-electron chi connectivity index (χ4n) is 2.98. The number of tetrazole rings is 1. The zero-order valence-corrected chi connectivity index (χ0v) is 17.8. The number of hydrogen-bond acceptors (Lipinski definition) is 4. The van der Waals surface area contributed by atoms with Crippen molar-refractivity contribution in [3.8, 4) is 11.4 Å². The highest BCUT2D eigenvalue weighted by molar-refractivity contribution is 14.1. The molecule has 0 amide bonds. The number of hydrogen-bond donors (Lipinski definition) is 0. The molecule has 1 heterocycles. The topological polar surface area (TPSA) is 60.7 Å². The van der Waals surface area contributed by atoms with Crippen LogP contribution < -0.4 is 0 Å². The zero-order chi connectivity index (χ0) is 20.2. The quantitative estimate of drug-likeness (QED) is 0.219. The molecule has 1 aromatic heterocycles. The minimum atomic E-state index is -0.0729. The Hall–Kier alpha value is -3.13. The molecule has 0 N–H and O–H groups in total. The van der Waals surface area contributed by atoms with Crippen LogP contribution in [0.1, 0.15) is 21.5 Å². The Balaban J connectivity index is 1.93. The minimum Gasteiger partial charge on any atom is -0.288 e. The third-order valence-electron chi connectivity index (χ3n) is 4.48. The maximum absolute atomic E-state index is 13.2. The van der Waals surface area contributed by atoms with E-state index in [-0.39, 0.29) is 5.78 Å². The summed E-state index contributed by atoms with van der Waals surface area (Å²) in [6.45, 7) is 2.03. The highest BCUT2D eigenvalue weighted by Crippen LogP contribution is 2.30. The molecule has 0 bridgehead atoms. The van der Waals surface area contributed by atoms with E-state index in [2.05, 4.69) is 38.1 Å². The number of Topliss-reactive ketones (excluding diaryl/α,β-unsaturated/α-hetero) is 1. The number of ketones is 1. The molecule has 0 saturated heterocycles. The maximum atomic E-state index is 13.2. The lowest BCUT2D eigenvalue weighted by Crippen LogP contribution is -2.10. The van der Waals surface area contributed by atoms with Gasteiger partial charge in [0, 0.05) is 16.7 Å². The lowest BCUT2D eigenvalue weighted by molar-refractivity contribution is 0.104. The van der Waals surface area contributed by atoms with Gasteiger partial charge in [-0.2, -0.15) is 4.68 Å². The molecule has 0 atom stereocenters. The first-order chi connectivity index (χ1) is 14.1. The molecule has 0 fully saturated rings. The molecule has 0 spiro atoms. The molecule has 0 aliphatic rings. The molecule has 6 heteroatoms. The van der Waals surface area contributed by atoms with Gasteiger partial charge in [0.05, 0.1) is 9.28 Å². The van der Waals surface area contributed by atoms with E-state index in [0.29, 0.717) is 20.7 Å². The predicted octanol–water partition coefficient (Wildman–Crippen LogP) is 5.18. The SMILES string of the molecule is Cc1ccc(/C(=C(\I)C(=O)c2ccccc2)n2nnnc2-c2ccccc2)cc1. The standard InChI is InChI=1S/C23H17IN4O/c1-16-12-14-17(15-13-16)21(20(24)22(29)18-8-4-2-5-9-18)28-23(25-26-27-28)19-10-6-3-7-11-19/h2-15H,1H3/b21-20+. The van der Waals surface area contributed by atoms with Gasteiger partial charge in [0.15, 0.2) is 5.82 Å². The van der Waals surface area contributed by atoms with E-state index >= 15 is 0 Å². The predicted molar refractivity (Wildman–Crippen MR) is 122 cm³/mol. The van der Waals surface area contributed by atoms with Crippen molar-refractivity contribution in [2.24, 2.45) is 0 Å². The van der Waals surface area contributed by atoms with Crippen molar-refractivity contribution in [1.82, 2.24) is 20.2 Å². The first-order valence-corrected chi connectivity index (χ1v) is 10.1. The third kappa shape index (κ3) is 4.02. The second-order valence-corrected chi connectivity index (χ2v) is 7.58. The number of carbonyl (C=O) groups is 1. The summed E-state index contributed by atoms with van der Waals surface area (Å²) in [5, 5.41) is 12.3. The second kappa shape index (κ2) is 8.48. The van der Waals surface area contributed by atoms with E-state index in [1.54, 1.807) is 4.68 Å². The minimum absolute atomic E-state index is 0.0729. The molecule has 29 heavy (non-hydrogen) atoms. The average Bonchev–Trinajstić information content (AvgIpc) is 3.25. The van der Waals surface area contributed by atoms with E-state index in [1.165, 1.54) is 0 Å². The molecule has 4 rings (SSSR count). The van der Waals surface area contributed by atoms with E-state index in [1.807, 2.05) is 91.9 Å². The van der Waals surface area contributed by atoms with Gasteiger partial charge in [-0.15, -0.1) is 5.10 Å². The van der Waals surface area contributed by atoms with Gasteiger partial charge in [0.2, 0.25) is 5.78 Å². The Labute approximate surface area is 182 Å². The van der Waals surface area contributed by atoms with Gasteiger partial charge in [-0.05, 0) is 39.9 Å². The fourth-order valence-corrected chi connectivity index (χ4v) is 3.83. The Morgan fingerprint density at radius 1 is 0.828 bits per heavy atom. The lowest BCUT2D eigenvalue weighted by Gasteiger charge is -2.13. The Kier molecular flexibility index (Phi) is 5.62. The van der Waals surface area contributed by atoms with Gasteiger partial charge < -0.3 is 0 Å². The summed E-state index contributed by atoms with van der Waals surface area (Å²) in [6, 6.07) is 26.9. The van der Waals surface area contributed by atoms with Crippen LogP contribution in [0.4, 0.5) is 0 Å². The van der Waals surface area contributed by atoms with Crippen LogP contribution >= 0.6 is 22.6 Å². The maximum Gasteiger partial charge on any atom is 0.201 e. The van der Waals surface area contributed by atoms with Crippen LogP contribution in [-0.4, -0.2) is 26.0 Å². The van der Waals surface area contributed by atoms with Gasteiger partial charge in [-0.25, -0.2) is 0 Å². The van der Waals surface area contributed by atoms with E-state index in [9.17, 15) is 4.79 Å². The lowest BCUT2D eigenvalue weighted by atomic mass is 10.0. The van der Waals surface area contributed by atoms with Crippen LogP contribution in [-0.2, 0) is 0 Å². The summed E-state index contributed by atoms with van der Waals surface area (Å²) in [4.78, 5) is 13.2. The molecular formula is C23H17IN4O. The van der Waals surface area contributed by atoms with Crippen molar-refractivity contribution in [2.75, 3.05) is 0 Å².